The summed E-state index contributed by atoms with van der Waals surface area (Å²) in [6.45, 7) is 6.28. The third-order valence-electron chi connectivity index (χ3n) is 5.47. The van der Waals surface area contributed by atoms with Gasteiger partial charge in [0, 0.05) is 47.9 Å². The third-order valence-corrected chi connectivity index (χ3v) is 5.47. The Morgan fingerprint density at radius 1 is 1.03 bits per heavy atom. The average Bonchev–Trinajstić information content (AvgIpc) is 3.19. The van der Waals surface area contributed by atoms with Crippen LogP contribution < -0.4 is 5.32 Å². The first-order valence-corrected chi connectivity index (χ1v) is 10.5. The van der Waals surface area contributed by atoms with E-state index in [-0.39, 0.29) is 23.8 Å². The van der Waals surface area contributed by atoms with Crippen molar-refractivity contribution in [1.82, 2.24) is 9.88 Å². The van der Waals surface area contributed by atoms with E-state index in [1.807, 2.05) is 75.4 Å². The number of hydrogen-bond acceptors (Lipinski definition) is 4. The Morgan fingerprint density at radius 2 is 1.81 bits per heavy atom. The van der Waals surface area contributed by atoms with Gasteiger partial charge in [-0.3, -0.25) is 9.78 Å². The zero-order valence-electron chi connectivity index (χ0n) is 18.0. The first kappa shape index (κ1) is 20.8. The molecule has 2 atom stereocenters. The number of nitrogens with one attached hydrogen (secondary N) is 1. The van der Waals surface area contributed by atoms with E-state index in [1.54, 1.807) is 17.3 Å². The highest BCUT2D eigenvalue weighted by Crippen LogP contribution is 2.35. The summed E-state index contributed by atoms with van der Waals surface area (Å²) in [7, 11) is 0. The molecule has 0 saturated carbocycles. The van der Waals surface area contributed by atoms with Crippen molar-refractivity contribution in [2.45, 2.75) is 32.3 Å². The lowest BCUT2D eigenvalue weighted by molar-refractivity contribution is -0.119. The number of hydrogen-bond donors (Lipinski definition) is 1. The molecule has 1 aliphatic rings. The molecule has 4 rings (SSSR count). The van der Waals surface area contributed by atoms with Crippen molar-refractivity contribution in [3.8, 4) is 0 Å². The zero-order valence-corrected chi connectivity index (χ0v) is 18.0. The fraction of sp³-hybridized carbons (Fsp3) is 0.320. The fourth-order valence-electron chi connectivity index (χ4n) is 4.04. The third kappa shape index (κ3) is 4.68. The minimum atomic E-state index is -0.587. The second-order valence-electron chi connectivity index (χ2n) is 8.90. The van der Waals surface area contributed by atoms with Gasteiger partial charge in [0.05, 0.1) is 5.92 Å². The summed E-state index contributed by atoms with van der Waals surface area (Å²) in [5.74, 6) is -0.596. The average molecular weight is 418 g/mol. The fourth-order valence-corrected chi connectivity index (χ4v) is 4.04. The Hall–Kier alpha value is -3.41. The molecule has 0 aliphatic carbocycles. The molecule has 0 spiro atoms. The van der Waals surface area contributed by atoms with E-state index in [2.05, 4.69) is 10.3 Å². The normalized spacial score (nSPS) is 18.7. The van der Waals surface area contributed by atoms with Crippen molar-refractivity contribution in [2.75, 3.05) is 18.4 Å². The molecule has 160 valence electrons. The van der Waals surface area contributed by atoms with Crippen LogP contribution in [0.15, 0.2) is 67.0 Å². The van der Waals surface area contributed by atoms with Crippen LogP contribution in [0, 0.1) is 5.92 Å². The summed E-state index contributed by atoms with van der Waals surface area (Å²) < 4.78 is 5.56. The predicted molar refractivity (Wildman–Crippen MR) is 121 cm³/mol. The quantitative estimate of drug-likeness (QED) is 0.663. The number of pyridine rings is 1. The molecule has 6 nitrogen and oxygen atoms in total. The van der Waals surface area contributed by atoms with Crippen LogP contribution in [0.3, 0.4) is 0 Å². The number of ether oxygens (including phenoxy) is 1. The Balaban J connectivity index is 1.60. The molecule has 1 N–H and O–H groups in total. The number of aromatic nitrogens is 1. The van der Waals surface area contributed by atoms with Crippen LogP contribution in [0.5, 0.6) is 0 Å². The van der Waals surface area contributed by atoms with Crippen molar-refractivity contribution in [1.29, 1.82) is 0 Å². The molecule has 3 aromatic rings. The van der Waals surface area contributed by atoms with E-state index >= 15 is 0 Å². The van der Waals surface area contributed by atoms with Crippen LogP contribution in [0.2, 0.25) is 0 Å². The van der Waals surface area contributed by atoms with E-state index in [1.165, 1.54) is 0 Å². The van der Waals surface area contributed by atoms with Gasteiger partial charge in [0.2, 0.25) is 5.91 Å². The molecule has 0 bridgehead atoms. The molecule has 31 heavy (non-hydrogen) atoms. The van der Waals surface area contributed by atoms with Crippen LogP contribution >= 0.6 is 0 Å². The van der Waals surface area contributed by atoms with Crippen LogP contribution in [0.25, 0.3) is 10.8 Å². The molecule has 1 saturated heterocycles. The molecule has 1 unspecified atom stereocenters. The Kier molecular flexibility index (Phi) is 5.63. The second-order valence-corrected chi connectivity index (χ2v) is 8.90. The van der Waals surface area contributed by atoms with E-state index in [4.69, 9.17) is 4.74 Å². The summed E-state index contributed by atoms with van der Waals surface area (Å²) in [6, 6.07) is 17.5. The Labute approximate surface area is 182 Å². The number of fused-ring (bicyclic) bond motifs is 1. The highest BCUT2D eigenvalue weighted by molar-refractivity contribution is 6.03. The largest absolute Gasteiger partial charge is 0.444 e. The highest BCUT2D eigenvalue weighted by atomic mass is 16.6. The van der Waals surface area contributed by atoms with Crippen LogP contribution in [0.4, 0.5) is 10.5 Å². The van der Waals surface area contributed by atoms with Gasteiger partial charge in [-0.1, -0.05) is 42.5 Å². The minimum absolute atomic E-state index is 0.106. The molecule has 1 aromatic heterocycles. The van der Waals surface area contributed by atoms with Gasteiger partial charge in [-0.2, -0.15) is 0 Å². The summed E-state index contributed by atoms with van der Waals surface area (Å²) in [4.78, 5) is 31.9. The van der Waals surface area contributed by atoms with Crippen molar-refractivity contribution in [2.24, 2.45) is 5.92 Å². The van der Waals surface area contributed by atoms with Gasteiger partial charge in [0.25, 0.3) is 0 Å². The molecule has 1 fully saturated rings. The Bertz CT molecular complexity index is 1090. The number of carbonyl (C=O) groups excluding carboxylic acids is 2. The molecule has 6 heteroatoms. The molecule has 2 aromatic carbocycles. The van der Waals surface area contributed by atoms with E-state index in [0.29, 0.717) is 13.1 Å². The number of amides is 2. The lowest BCUT2D eigenvalue weighted by atomic mass is 9.88. The van der Waals surface area contributed by atoms with Crippen LogP contribution in [-0.4, -0.2) is 40.6 Å². The molecule has 0 radical (unpaired) electrons. The number of benzene rings is 2. The first-order chi connectivity index (χ1) is 14.8. The maximum atomic E-state index is 13.4. The van der Waals surface area contributed by atoms with Crippen molar-refractivity contribution in [3.63, 3.8) is 0 Å². The number of nitrogens with zero attached hydrogens (tertiary/aromatic N) is 2. The van der Waals surface area contributed by atoms with Crippen molar-refractivity contribution < 1.29 is 14.3 Å². The van der Waals surface area contributed by atoms with E-state index in [9.17, 15) is 9.59 Å². The molecule has 2 amide bonds. The highest BCUT2D eigenvalue weighted by Gasteiger charge is 2.41. The summed E-state index contributed by atoms with van der Waals surface area (Å²) in [5.41, 5.74) is 1.19. The Morgan fingerprint density at radius 3 is 2.55 bits per heavy atom. The zero-order chi connectivity index (χ0) is 22.0. The smallest absolute Gasteiger partial charge is 0.410 e. The number of anilines is 1. The van der Waals surface area contributed by atoms with Gasteiger partial charge in [-0.05, 0) is 38.5 Å². The monoisotopic (exact) mass is 417 g/mol. The van der Waals surface area contributed by atoms with E-state index in [0.717, 1.165) is 22.0 Å². The molecular weight excluding hydrogens is 390 g/mol. The standard InChI is InChI=1S/C25H27N3O3/c1-25(2,3)31-24(30)28-15-20(17-8-5-4-6-9-17)21(16-28)23(29)27-22-11-7-10-18-14-26-13-12-19(18)22/h4-14,20-21H,15-16H2,1-3H3,(H,27,29)/t20-,21?/m1/s1. The number of rotatable bonds is 3. The summed E-state index contributed by atoms with van der Waals surface area (Å²) in [5, 5.41) is 4.98. The van der Waals surface area contributed by atoms with Crippen LogP contribution in [-0.2, 0) is 9.53 Å². The lowest BCUT2D eigenvalue weighted by Gasteiger charge is -2.24. The van der Waals surface area contributed by atoms with E-state index < -0.39 is 5.60 Å². The molecular formula is C25H27N3O3. The number of carbonyl (C=O) groups is 2. The SMILES string of the molecule is CC(C)(C)OC(=O)N1CC(C(=O)Nc2cccc3cnccc23)[C@@H](c2ccccc2)C1. The maximum absolute atomic E-state index is 13.4. The van der Waals surface area contributed by atoms with Gasteiger partial charge in [-0.15, -0.1) is 0 Å². The maximum Gasteiger partial charge on any atom is 0.410 e. The number of likely N-dealkylation sites (tertiary alicyclic amines) is 1. The summed E-state index contributed by atoms with van der Waals surface area (Å²) >= 11 is 0. The molecule has 2 heterocycles. The van der Waals surface area contributed by atoms with Gasteiger partial charge >= 0.3 is 6.09 Å². The van der Waals surface area contributed by atoms with Gasteiger partial charge in [0.15, 0.2) is 0 Å². The van der Waals surface area contributed by atoms with Crippen molar-refractivity contribution in [3.05, 3.63) is 72.6 Å². The minimum Gasteiger partial charge on any atom is -0.444 e. The van der Waals surface area contributed by atoms with Crippen molar-refractivity contribution >= 4 is 28.5 Å². The topological polar surface area (TPSA) is 71.5 Å². The summed E-state index contributed by atoms with van der Waals surface area (Å²) in [6.07, 6.45) is 3.10. The van der Waals surface area contributed by atoms with Gasteiger partial charge < -0.3 is 15.0 Å². The van der Waals surface area contributed by atoms with Gasteiger partial charge in [-0.25, -0.2) is 4.79 Å². The lowest BCUT2D eigenvalue weighted by Crippen LogP contribution is -2.36. The second kappa shape index (κ2) is 8.38. The van der Waals surface area contributed by atoms with Crippen LogP contribution in [0.1, 0.15) is 32.3 Å². The molecule has 1 aliphatic heterocycles. The first-order valence-electron chi connectivity index (χ1n) is 10.5. The van der Waals surface area contributed by atoms with Gasteiger partial charge in [0.1, 0.15) is 5.60 Å². The predicted octanol–water partition coefficient (Wildman–Crippen LogP) is 4.82.